The van der Waals surface area contributed by atoms with E-state index in [1.807, 2.05) is 13.8 Å². The molecule has 2 rings (SSSR count). The highest BCUT2D eigenvalue weighted by atomic mass is 16.5. The second-order valence-corrected chi connectivity index (χ2v) is 4.88. The Morgan fingerprint density at radius 1 is 1.28 bits per heavy atom. The van der Waals surface area contributed by atoms with Gasteiger partial charge in [0.15, 0.2) is 5.96 Å². The summed E-state index contributed by atoms with van der Waals surface area (Å²) in [6.07, 6.45) is 5.02. The van der Waals surface area contributed by atoms with Gasteiger partial charge in [0.2, 0.25) is 0 Å². The van der Waals surface area contributed by atoms with Gasteiger partial charge in [-0.2, -0.15) is 0 Å². The van der Waals surface area contributed by atoms with E-state index in [1.54, 1.807) is 0 Å². The molecule has 2 heterocycles. The van der Waals surface area contributed by atoms with Gasteiger partial charge in [-0.15, -0.1) is 0 Å². The minimum Gasteiger partial charge on any atom is -0.370 e. The van der Waals surface area contributed by atoms with Crippen molar-refractivity contribution in [1.29, 1.82) is 0 Å². The van der Waals surface area contributed by atoms with Crippen molar-refractivity contribution in [2.75, 3.05) is 13.1 Å². The summed E-state index contributed by atoms with van der Waals surface area (Å²) < 4.78 is 5.12. The molecular weight excluding hydrogens is 228 g/mol. The first-order valence-electron chi connectivity index (χ1n) is 6.65. The predicted octanol–water partition coefficient (Wildman–Crippen LogP) is 1.98. The summed E-state index contributed by atoms with van der Waals surface area (Å²) in [5.41, 5.74) is 8.01. The third-order valence-electron chi connectivity index (χ3n) is 3.51. The first-order valence-corrected chi connectivity index (χ1v) is 6.65. The number of nitrogens with zero attached hydrogens (tertiary/aromatic N) is 3. The minimum atomic E-state index is 0.559. The van der Waals surface area contributed by atoms with Crippen LogP contribution in [0.5, 0.6) is 0 Å². The third kappa shape index (κ3) is 3.03. The maximum Gasteiger partial charge on any atom is 0.191 e. The van der Waals surface area contributed by atoms with Crippen LogP contribution in [0.1, 0.15) is 42.7 Å². The fraction of sp³-hybridized carbons (Fsp3) is 0.692. The van der Waals surface area contributed by atoms with Crippen molar-refractivity contribution in [3.63, 3.8) is 0 Å². The van der Waals surface area contributed by atoms with E-state index < -0.39 is 0 Å². The van der Waals surface area contributed by atoms with E-state index in [0.717, 1.165) is 30.1 Å². The quantitative estimate of drug-likeness (QED) is 0.643. The minimum absolute atomic E-state index is 0.559. The van der Waals surface area contributed by atoms with Crippen LogP contribution < -0.4 is 5.73 Å². The van der Waals surface area contributed by atoms with Crippen LogP contribution in [-0.4, -0.2) is 29.1 Å². The standard InChI is InChI=1S/C13H22N4O/c1-10-12(11(2)18-16-10)9-15-13(14)17-7-5-3-4-6-8-17/h3-9H2,1-2H3,(H2,14,15). The molecule has 1 fully saturated rings. The molecular formula is C13H22N4O. The van der Waals surface area contributed by atoms with Gasteiger partial charge in [-0.1, -0.05) is 18.0 Å². The topological polar surface area (TPSA) is 67.6 Å². The number of guanidine groups is 1. The van der Waals surface area contributed by atoms with Crippen molar-refractivity contribution in [2.24, 2.45) is 10.7 Å². The summed E-state index contributed by atoms with van der Waals surface area (Å²) in [6, 6.07) is 0. The average molecular weight is 250 g/mol. The lowest BCUT2D eigenvalue weighted by molar-refractivity contribution is 0.392. The largest absolute Gasteiger partial charge is 0.370 e. The molecule has 100 valence electrons. The van der Waals surface area contributed by atoms with E-state index in [4.69, 9.17) is 10.3 Å². The van der Waals surface area contributed by atoms with Crippen molar-refractivity contribution < 1.29 is 4.52 Å². The number of aromatic nitrogens is 1. The highest BCUT2D eigenvalue weighted by Gasteiger charge is 2.12. The Balaban J connectivity index is 1.99. The maximum absolute atomic E-state index is 6.06. The monoisotopic (exact) mass is 250 g/mol. The summed E-state index contributed by atoms with van der Waals surface area (Å²) in [6.45, 7) is 6.45. The third-order valence-corrected chi connectivity index (χ3v) is 3.51. The summed E-state index contributed by atoms with van der Waals surface area (Å²) in [7, 11) is 0. The highest BCUT2D eigenvalue weighted by Crippen LogP contribution is 2.14. The van der Waals surface area contributed by atoms with Gasteiger partial charge in [0.1, 0.15) is 5.76 Å². The number of nitrogens with two attached hydrogens (primary N) is 1. The number of hydrogen-bond donors (Lipinski definition) is 1. The Hall–Kier alpha value is -1.52. The number of likely N-dealkylation sites (tertiary alicyclic amines) is 1. The van der Waals surface area contributed by atoms with Crippen molar-refractivity contribution in [3.05, 3.63) is 17.0 Å². The molecule has 0 aliphatic carbocycles. The van der Waals surface area contributed by atoms with Gasteiger partial charge in [-0.3, -0.25) is 0 Å². The van der Waals surface area contributed by atoms with Crippen LogP contribution in [0.25, 0.3) is 0 Å². The SMILES string of the molecule is Cc1noc(C)c1CN=C(N)N1CCCCCC1. The second kappa shape index (κ2) is 5.89. The molecule has 1 aliphatic rings. The molecule has 0 amide bonds. The molecule has 0 unspecified atom stereocenters. The molecule has 0 aromatic carbocycles. The molecule has 18 heavy (non-hydrogen) atoms. The lowest BCUT2D eigenvalue weighted by Crippen LogP contribution is -2.38. The molecule has 2 N–H and O–H groups in total. The fourth-order valence-electron chi connectivity index (χ4n) is 2.29. The number of rotatable bonds is 2. The normalized spacial score (nSPS) is 17.9. The molecule has 5 nitrogen and oxygen atoms in total. The summed E-state index contributed by atoms with van der Waals surface area (Å²) >= 11 is 0. The van der Waals surface area contributed by atoms with Crippen LogP contribution in [0, 0.1) is 13.8 Å². The zero-order chi connectivity index (χ0) is 13.0. The highest BCUT2D eigenvalue weighted by molar-refractivity contribution is 5.78. The zero-order valence-corrected chi connectivity index (χ0v) is 11.3. The predicted molar refractivity (Wildman–Crippen MR) is 71.3 cm³/mol. The molecule has 0 saturated carbocycles. The van der Waals surface area contributed by atoms with Crippen molar-refractivity contribution in [2.45, 2.75) is 46.1 Å². The molecule has 1 aromatic heterocycles. The lowest BCUT2D eigenvalue weighted by Gasteiger charge is -2.21. The van der Waals surface area contributed by atoms with Gasteiger partial charge in [0.05, 0.1) is 12.2 Å². The fourth-order valence-corrected chi connectivity index (χ4v) is 2.29. The van der Waals surface area contributed by atoms with Crippen LogP contribution in [0.2, 0.25) is 0 Å². The van der Waals surface area contributed by atoms with Crippen molar-refractivity contribution in [1.82, 2.24) is 10.1 Å². The Labute approximate surface area is 108 Å². The van der Waals surface area contributed by atoms with E-state index in [2.05, 4.69) is 15.0 Å². The molecule has 0 spiro atoms. The van der Waals surface area contributed by atoms with Crippen LogP contribution in [0.3, 0.4) is 0 Å². The number of hydrogen-bond acceptors (Lipinski definition) is 3. The second-order valence-electron chi connectivity index (χ2n) is 4.88. The van der Waals surface area contributed by atoms with Crippen molar-refractivity contribution >= 4 is 5.96 Å². The van der Waals surface area contributed by atoms with E-state index in [9.17, 15) is 0 Å². The molecule has 1 saturated heterocycles. The first-order chi connectivity index (χ1) is 8.68. The van der Waals surface area contributed by atoms with Gasteiger partial charge >= 0.3 is 0 Å². The Kier molecular flexibility index (Phi) is 4.23. The van der Waals surface area contributed by atoms with Gasteiger partial charge in [-0.25, -0.2) is 4.99 Å². The van der Waals surface area contributed by atoms with E-state index in [0.29, 0.717) is 12.5 Å². The molecule has 1 aromatic rings. The van der Waals surface area contributed by atoms with Crippen LogP contribution >= 0.6 is 0 Å². The van der Waals surface area contributed by atoms with Gasteiger partial charge in [0, 0.05) is 18.7 Å². The van der Waals surface area contributed by atoms with Crippen molar-refractivity contribution in [3.8, 4) is 0 Å². The Morgan fingerprint density at radius 3 is 2.50 bits per heavy atom. The Bertz CT molecular complexity index is 397. The van der Waals surface area contributed by atoms with Gasteiger partial charge in [0.25, 0.3) is 0 Å². The average Bonchev–Trinajstić information content (AvgIpc) is 2.61. The van der Waals surface area contributed by atoms with Gasteiger partial charge < -0.3 is 15.2 Å². The molecule has 0 bridgehead atoms. The smallest absolute Gasteiger partial charge is 0.191 e. The number of aliphatic imine (C=N–C) groups is 1. The van der Waals surface area contributed by atoms with E-state index >= 15 is 0 Å². The summed E-state index contributed by atoms with van der Waals surface area (Å²) in [4.78, 5) is 6.66. The lowest BCUT2D eigenvalue weighted by atomic mass is 10.2. The molecule has 0 atom stereocenters. The van der Waals surface area contributed by atoms with Crippen LogP contribution in [0.4, 0.5) is 0 Å². The van der Waals surface area contributed by atoms with E-state index in [1.165, 1.54) is 25.7 Å². The van der Waals surface area contributed by atoms with Gasteiger partial charge in [-0.05, 0) is 26.7 Å². The maximum atomic E-state index is 6.06. The zero-order valence-electron chi connectivity index (χ0n) is 11.3. The first kappa shape index (κ1) is 12.9. The number of aryl methyl sites for hydroxylation is 2. The summed E-state index contributed by atoms with van der Waals surface area (Å²) in [5.74, 6) is 1.48. The van der Waals surface area contributed by atoms with Crippen LogP contribution in [-0.2, 0) is 6.54 Å². The summed E-state index contributed by atoms with van der Waals surface area (Å²) in [5, 5.41) is 3.92. The van der Waals surface area contributed by atoms with Crippen LogP contribution in [0.15, 0.2) is 9.52 Å². The molecule has 1 aliphatic heterocycles. The molecule has 0 radical (unpaired) electrons. The van der Waals surface area contributed by atoms with E-state index in [-0.39, 0.29) is 0 Å². The molecule has 5 heteroatoms. The Morgan fingerprint density at radius 2 is 1.94 bits per heavy atom.